The molecule has 1 unspecified atom stereocenters. The molecule has 2 aromatic carbocycles. The number of rotatable bonds is 6. The first-order valence-corrected chi connectivity index (χ1v) is 17.5. The van der Waals surface area contributed by atoms with Crippen molar-refractivity contribution in [3.05, 3.63) is 65.2 Å². The van der Waals surface area contributed by atoms with Crippen LogP contribution in [0.5, 0.6) is 11.5 Å². The maximum absolute atomic E-state index is 13.0. The average Bonchev–Trinajstić information content (AvgIpc) is 2.92. The average molecular weight is 593 g/mol. The lowest BCUT2D eigenvalue weighted by molar-refractivity contribution is -0.00118. The van der Waals surface area contributed by atoms with Gasteiger partial charge in [0.2, 0.25) is 9.04 Å². The molecule has 0 aromatic heterocycles. The van der Waals surface area contributed by atoms with Crippen LogP contribution in [0.2, 0.25) is 11.6 Å². The zero-order valence-corrected chi connectivity index (χ0v) is 28.0. The fraction of sp³-hybridized carbons (Fsp3) is 0.529. The number of hydrogen-bond acceptors (Lipinski definition) is 5. The van der Waals surface area contributed by atoms with Gasteiger partial charge in [-0.1, -0.05) is 32.9 Å². The summed E-state index contributed by atoms with van der Waals surface area (Å²) in [5.74, 6) is 1.69. The third-order valence-corrected chi connectivity index (χ3v) is 11.3. The van der Waals surface area contributed by atoms with E-state index in [1.165, 1.54) is 0 Å². The molecule has 8 heteroatoms. The van der Waals surface area contributed by atoms with E-state index in [-0.39, 0.29) is 17.0 Å². The highest BCUT2D eigenvalue weighted by Crippen LogP contribution is 2.45. The molecule has 0 aliphatic carbocycles. The molecule has 1 saturated heterocycles. The summed E-state index contributed by atoms with van der Waals surface area (Å²) in [5.41, 5.74) is 2.64. The molecule has 1 atom stereocenters. The Balaban J connectivity index is 1.68. The summed E-state index contributed by atoms with van der Waals surface area (Å²) in [6, 6.07) is 14.0. The fourth-order valence-electron chi connectivity index (χ4n) is 5.22. The number of hydrogen-bond donors (Lipinski definition) is 0. The maximum atomic E-state index is 13.0. The minimum Gasteiger partial charge on any atom is -0.546 e. The van der Waals surface area contributed by atoms with Crippen molar-refractivity contribution in [3.8, 4) is 11.5 Å². The zero-order chi connectivity index (χ0) is 30.9. The molecule has 0 radical (unpaired) electrons. The summed E-state index contributed by atoms with van der Waals surface area (Å²) in [7, 11) is -1.50. The van der Waals surface area contributed by atoms with Gasteiger partial charge >= 0.3 is 6.09 Å². The van der Waals surface area contributed by atoms with Crippen molar-refractivity contribution in [1.29, 1.82) is 0 Å². The van der Waals surface area contributed by atoms with Gasteiger partial charge in [-0.3, -0.25) is 4.79 Å². The van der Waals surface area contributed by atoms with Crippen molar-refractivity contribution < 1.29 is 23.5 Å². The highest BCUT2D eigenvalue weighted by atomic mass is 28.3. The van der Waals surface area contributed by atoms with E-state index < -0.39 is 20.2 Å². The first-order valence-electron chi connectivity index (χ1n) is 15.3. The molecule has 4 rings (SSSR count). The van der Waals surface area contributed by atoms with Crippen molar-refractivity contribution in [3.63, 3.8) is 0 Å². The number of nitrogens with zero attached hydrogens (tertiary/aromatic N) is 2. The maximum Gasteiger partial charge on any atom is 0.410 e. The topological polar surface area (TPSA) is 68.3 Å². The molecule has 0 saturated carbocycles. The number of fused-ring (bicyclic) bond motifs is 1. The molecule has 7 nitrogen and oxygen atoms in total. The summed E-state index contributed by atoms with van der Waals surface area (Å²) in [5, 5.41) is 0.129. The number of piperidine rings is 1. The van der Waals surface area contributed by atoms with Gasteiger partial charge in [-0.25, -0.2) is 4.79 Å². The summed E-state index contributed by atoms with van der Waals surface area (Å²) in [6.07, 6.45) is 3.24. The molecule has 228 valence electrons. The molecule has 2 aliphatic heterocycles. The number of benzene rings is 2. The van der Waals surface area contributed by atoms with Gasteiger partial charge in [-0.15, -0.1) is 0 Å². The van der Waals surface area contributed by atoms with Crippen LogP contribution in [0.4, 0.5) is 4.79 Å². The van der Waals surface area contributed by atoms with Crippen LogP contribution in [0.25, 0.3) is 5.57 Å². The zero-order valence-electron chi connectivity index (χ0n) is 26.9. The van der Waals surface area contributed by atoms with Gasteiger partial charge in [0.1, 0.15) is 22.7 Å². The molecule has 2 aliphatic rings. The summed E-state index contributed by atoms with van der Waals surface area (Å²) < 4.78 is 18.8. The highest BCUT2D eigenvalue weighted by molar-refractivity contribution is 6.54. The molecule has 0 N–H and O–H groups in total. The van der Waals surface area contributed by atoms with E-state index in [0.29, 0.717) is 44.6 Å². The normalized spacial score (nSPS) is 17.1. The van der Waals surface area contributed by atoms with Gasteiger partial charge in [-0.2, -0.15) is 0 Å². The van der Waals surface area contributed by atoms with Gasteiger partial charge < -0.3 is 23.7 Å². The number of carbonyl (C=O) groups is 2. The van der Waals surface area contributed by atoms with Crippen LogP contribution in [0, 0.1) is 0 Å². The van der Waals surface area contributed by atoms with Crippen LogP contribution in [-0.4, -0.2) is 68.2 Å². The third-order valence-electron chi connectivity index (χ3n) is 8.25. The number of ether oxygens (including phenoxy) is 2. The van der Waals surface area contributed by atoms with E-state index in [9.17, 15) is 9.59 Å². The standard InChI is InChI=1S/C34H48N2O5Si/c1-10-35(11-2)30(37)25-14-12-24(13-15-25)28-23-34(18-20-36(21-19-34)31(38)40-32(3,4)5)39-29-17-16-26(22-27(28)29)41-42(9)33(6,7)8/h12-17,22-23,42H,10-11,18-21H2,1-9H3. The number of amides is 2. The van der Waals surface area contributed by atoms with E-state index in [4.69, 9.17) is 13.9 Å². The Kier molecular flexibility index (Phi) is 9.16. The molecule has 2 heterocycles. The lowest BCUT2D eigenvalue weighted by Gasteiger charge is -2.43. The van der Waals surface area contributed by atoms with E-state index >= 15 is 0 Å². The van der Waals surface area contributed by atoms with Crippen molar-refractivity contribution in [1.82, 2.24) is 9.80 Å². The first-order chi connectivity index (χ1) is 19.6. The SMILES string of the molecule is CCN(CC)C(=O)c1ccc(C2=CC3(CCN(C(=O)OC(C)(C)C)CC3)Oc3ccc(O[SiH](C)C(C)(C)C)cc32)cc1. The van der Waals surface area contributed by atoms with E-state index in [1.807, 2.05) is 75.9 Å². The number of carbonyl (C=O) groups excluding carboxylic acids is 2. The predicted molar refractivity (Wildman–Crippen MR) is 171 cm³/mol. The Hall–Kier alpha value is -3.26. The molecule has 0 bridgehead atoms. The van der Waals surface area contributed by atoms with Crippen molar-refractivity contribution in [2.75, 3.05) is 26.2 Å². The van der Waals surface area contributed by atoms with Crippen molar-refractivity contribution >= 4 is 26.6 Å². The fourth-order valence-corrected chi connectivity index (χ4v) is 6.13. The second-order valence-corrected chi connectivity index (χ2v) is 16.8. The van der Waals surface area contributed by atoms with E-state index in [2.05, 4.69) is 39.5 Å². The van der Waals surface area contributed by atoms with Crippen molar-refractivity contribution in [2.24, 2.45) is 0 Å². The number of likely N-dealkylation sites (tertiary alicyclic amines) is 1. The minimum atomic E-state index is -1.50. The Morgan fingerprint density at radius 1 is 0.976 bits per heavy atom. The second kappa shape index (κ2) is 12.2. The Bertz CT molecular complexity index is 1310. The monoisotopic (exact) mass is 592 g/mol. The molecule has 1 fully saturated rings. The predicted octanol–water partition coefficient (Wildman–Crippen LogP) is 7.29. The van der Waals surface area contributed by atoms with Crippen LogP contribution in [0.1, 0.15) is 89.7 Å². The Morgan fingerprint density at radius 2 is 1.60 bits per heavy atom. The van der Waals surface area contributed by atoms with Crippen LogP contribution in [0.15, 0.2) is 48.5 Å². The van der Waals surface area contributed by atoms with E-state index in [1.54, 1.807) is 4.90 Å². The molecule has 2 aromatic rings. The summed E-state index contributed by atoms with van der Waals surface area (Å²) in [6.45, 7) is 21.0. The summed E-state index contributed by atoms with van der Waals surface area (Å²) >= 11 is 0. The Labute approximate surface area is 253 Å². The van der Waals surface area contributed by atoms with Gasteiger partial charge in [0.25, 0.3) is 5.91 Å². The molecular formula is C34H48N2O5Si. The van der Waals surface area contributed by atoms with Gasteiger partial charge in [-0.05, 0) is 93.7 Å². The van der Waals surface area contributed by atoms with Gasteiger partial charge in [0, 0.05) is 50.1 Å². The van der Waals surface area contributed by atoms with Crippen LogP contribution < -0.4 is 9.16 Å². The third kappa shape index (κ3) is 7.20. The van der Waals surface area contributed by atoms with Gasteiger partial charge in [0.15, 0.2) is 0 Å². The summed E-state index contributed by atoms with van der Waals surface area (Å²) in [4.78, 5) is 29.3. The van der Waals surface area contributed by atoms with Crippen LogP contribution in [-0.2, 0) is 4.74 Å². The Morgan fingerprint density at radius 3 is 2.14 bits per heavy atom. The first kappa shape index (κ1) is 31.7. The van der Waals surface area contributed by atoms with Gasteiger partial charge in [0.05, 0.1) is 0 Å². The molecular weight excluding hydrogens is 544 g/mol. The van der Waals surface area contributed by atoms with Crippen LogP contribution >= 0.6 is 0 Å². The van der Waals surface area contributed by atoms with Crippen LogP contribution in [0.3, 0.4) is 0 Å². The highest BCUT2D eigenvalue weighted by Gasteiger charge is 2.41. The second-order valence-electron chi connectivity index (χ2n) is 13.5. The lowest BCUT2D eigenvalue weighted by Crippen LogP contribution is -2.50. The van der Waals surface area contributed by atoms with Crippen molar-refractivity contribution in [2.45, 2.75) is 91.0 Å². The van der Waals surface area contributed by atoms with E-state index in [0.717, 1.165) is 28.2 Å². The molecule has 2 amide bonds. The largest absolute Gasteiger partial charge is 0.546 e. The quantitative estimate of drug-likeness (QED) is 0.330. The molecule has 42 heavy (non-hydrogen) atoms. The molecule has 1 spiro atoms. The smallest absolute Gasteiger partial charge is 0.410 e. The lowest BCUT2D eigenvalue weighted by atomic mass is 9.82. The minimum absolute atomic E-state index is 0.0377.